The van der Waals surface area contributed by atoms with Crippen molar-refractivity contribution in [3.63, 3.8) is 0 Å². The minimum Gasteiger partial charge on any atom is -0.381 e. The standard InChI is InChI=1S/C16H21ClFN/c1-15(2)10-4-5-16(3,9-10)14(15)19-13-7-11(17)6-12(18)8-13/h6-8,10,14,19H,4-5,9H2,1-3H3. The molecule has 1 nitrogen and oxygen atoms in total. The Bertz CT molecular complexity index is 488. The van der Waals surface area contributed by atoms with Gasteiger partial charge >= 0.3 is 0 Å². The first-order valence-corrected chi connectivity index (χ1v) is 7.42. The Kier molecular flexibility index (Phi) is 2.87. The summed E-state index contributed by atoms with van der Waals surface area (Å²) in [4.78, 5) is 0. The number of fused-ring (bicyclic) bond motifs is 2. The lowest BCUT2D eigenvalue weighted by Crippen LogP contribution is -2.45. The number of hydrogen-bond acceptors (Lipinski definition) is 1. The third-order valence-corrected chi connectivity index (χ3v) is 5.66. The highest BCUT2D eigenvalue weighted by Gasteiger charge is 2.59. The first kappa shape index (κ1) is 13.2. The van der Waals surface area contributed by atoms with E-state index in [1.807, 2.05) is 6.07 Å². The van der Waals surface area contributed by atoms with E-state index in [-0.39, 0.29) is 11.2 Å². The molecule has 0 aromatic heterocycles. The van der Waals surface area contributed by atoms with Crippen LogP contribution in [0.4, 0.5) is 10.1 Å². The van der Waals surface area contributed by atoms with Crippen LogP contribution in [-0.2, 0) is 0 Å². The van der Waals surface area contributed by atoms with Crippen molar-refractivity contribution in [3.8, 4) is 0 Å². The Balaban J connectivity index is 1.90. The van der Waals surface area contributed by atoms with Crippen LogP contribution in [0.5, 0.6) is 0 Å². The SMILES string of the molecule is CC12CCC(C1)C(C)(C)C2Nc1cc(F)cc(Cl)c1. The van der Waals surface area contributed by atoms with Gasteiger partial charge in [-0.2, -0.15) is 0 Å². The van der Waals surface area contributed by atoms with Gasteiger partial charge in [0.25, 0.3) is 0 Å². The Morgan fingerprint density at radius 2 is 2.00 bits per heavy atom. The summed E-state index contributed by atoms with van der Waals surface area (Å²) in [6.45, 7) is 7.03. The van der Waals surface area contributed by atoms with Gasteiger partial charge in [0.2, 0.25) is 0 Å². The van der Waals surface area contributed by atoms with Crippen molar-refractivity contribution in [1.82, 2.24) is 0 Å². The third-order valence-electron chi connectivity index (χ3n) is 5.44. The van der Waals surface area contributed by atoms with Crippen LogP contribution < -0.4 is 5.32 Å². The summed E-state index contributed by atoms with van der Waals surface area (Å²) in [5, 5.41) is 4.01. The fourth-order valence-corrected chi connectivity index (χ4v) is 4.69. The normalized spacial score (nSPS) is 35.6. The smallest absolute Gasteiger partial charge is 0.126 e. The summed E-state index contributed by atoms with van der Waals surface area (Å²) in [5.41, 5.74) is 1.38. The molecule has 3 unspecified atom stereocenters. The van der Waals surface area contributed by atoms with Crippen molar-refractivity contribution in [2.24, 2.45) is 16.7 Å². The van der Waals surface area contributed by atoms with E-state index in [0.717, 1.165) is 11.6 Å². The van der Waals surface area contributed by atoms with Crippen LogP contribution in [0.3, 0.4) is 0 Å². The van der Waals surface area contributed by atoms with Gasteiger partial charge in [-0.1, -0.05) is 32.4 Å². The lowest BCUT2D eigenvalue weighted by molar-refractivity contribution is 0.155. The molecule has 2 aliphatic carbocycles. The van der Waals surface area contributed by atoms with Gasteiger partial charge in [0.05, 0.1) is 0 Å². The molecule has 0 heterocycles. The zero-order valence-electron chi connectivity index (χ0n) is 11.8. The second-order valence-corrected chi connectivity index (χ2v) is 7.59. The minimum atomic E-state index is -0.277. The molecule has 0 saturated heterocycles. The van der Waals surface area contributed by atoms with Crippen LogP contribution in [0.25, 0.3) is 0 Å². The fraction of sp³-hybridized carbons (Fsp3) is 0.625. The molecule has 3 rings (SSSR count). The highest BCUT2D eigenvalue weighted by Crippen LogP contribution is 2.63. The van der Waals surface area contributed by atoms with Crippen LogP contribution in [0.1, 0.15) is 40.0 Å². The summed E-state index contributed by atoms with van der Waals surface area (Å²) in [6.07, 6.45) is 3.87. The maximum absolute atomic E-state index is 13.5. The molecule has 2 aliphatic rings. The summed E-state index contributed by atoms with van der Waals surface area (Å²) in [6, 6.07) is 5.09. The van der Waals surface area contributed by atoms with Crippen molar-refractivity contribution >= 4 is 17.3 Å². The molecule has 1 N–H and O–H groups in total. The Hall–Kier alpha value is -0.760. The number of halogens is 2. The summed E-state index contributed by atoms with van der Waals surface area (Å²) >= 11 is 5.94. The number of benzene rings is 1. The average Bonchev–Trinajstić information content (AvgIpc) is 2.74. The topological polar surface area (TPSA) is 12.0 Å². The highest BCUT2D eigenvalue weighted by atomic mass is 35.5. The predicted octanol–water partition coefficient (Wildman–Crippen LogP) is 5.11. The molecule has 0 radical (unpaired) electrons. The van der Waals surface area contributed by atoms with Crippen LogP contribution >= 0.6 is 11.6 Å². The highest BCUT2D eigenvalue weighted by molar-refractivity contribution is 6.30. The second-order valence-electron chi connectivity index (χ2n) is 7.15. The number of nitrogens with one attached hydrogen (secondary N) is 1. The predicted molar refractivity (Wildman–Crippen MR) is 78.0 cm³/mol. The van der Waals surface area contributed by atoms with E-state index in [9.17, 15) is 4.39 Å². The van der Waals surface area contributed by atoms with Crippen LogP contribution in [0.15, 0.2) is 18.2 Å². The largest absolute Gasteiger partial charge is 0.381 e. The molecule has 3 atom stereocenters. The lowest BCUT2D eigenvalue weighted by atomic mass is 9.68. The molecule has 1 aromatic rings. The van der Waals surface area contributed by atoms with E-state index >= 15 is 0 Å². The van der Waals surface area contributed by atoms with Crippen molar-refractivity contribution in [2.45, 2.75) is 46.1 Å². The summed E-state index contributed by atoms with van der Waals surface area (Å²) < 4.78 is 13.5. The first-order valence-electron chi connectivity index (χ1n) is 7.04. The Morgan fingerprint density at radius 3 is 2.58 bits per heavy atom. The van der Waals surface area contributed by atoms with E-state index in [0.29, 0.717) is 16.5 Å². The Morgan fingerprint density at radius 1 is 1.26 bits per heavy atom. The van der Waals surface area contributed by atoms with Crippen LogP contribution in [-0.4, -0.2) is 6.04 Å². The van der Waals surface area contributed by atoms with Gasteiger partial charge in [-0.3, -0.25) is 0 Å². The van der Waals surface area contributed by atoms with Gasteiger partial charge in [0.1, 0.15) is 5.82 Å². The van der Waals surface area contributed by atoms with Gasteiger partial charge in [0, 0.05) is 16.8 Å². The molecular formula is C16H21ClFN. The number of rotatable bonds is 2. The molecule has 2 bridgehead atoms. The van der Waals surface area contributed by atoms with Crippen molar-refractivity contribution < 1.29 is 4.39 Å². The van der Waals surface area contributed by atoms with Crippen molar-refractivity contribution in [1.29, 1.82) is 0 Å². The second kappa shape index (κ2) is 4.12. The maximum Gasteiger partial charge on any atom is 0.126 e. The van der Waals surface area contributed by atoms with E-state index in [4.69, 9.17) is 11.6 Å². The molecular weight excluding hydrogens is 261 g/mol. The first-order chi connectivity index (χ1) is 8.81. The molecule has 104 valence electrons. The summed E-state index contributed by atoms with van der Waals surface area (Å²) in [7, 11) is 0. The molecule has 0 amide bonds. The van der Waals surface area contributed by atoms with Crippen molar-refractivity contribution in [2.75, 3.05) is 5.32 Å². The summed E-state index contributed by atoms with van der Waals surface area (Å²) in [5.74, 6) is 0.500. The molecule has 0 aliphatic heterocycles. The average molecular weight is 282 g/mol. The van der Waals surface area contributed by atoms with E-state index < -0.39 is 0 Å². The molecule has 19 heavy (non-hydrogen) atoms. The third kappa shape index (κ3) is 2.05. The van der Waals surface area contributed by atoms with Crippen LogP contribution in [0, 0.1) is 22.6 Å². The molecule has 1 aromatic carbocycles. The van der Waals surface area contributed by atoms with Gasteiger partial charge < -0.3 is 5.32 Å². The van der Waals surface area contributed by atoms with Crippen LogP contribution in [0.2, 0.25) is 5.02 Å². The van der Waals surface area contributed by atoms with Gasteiger partial charge in [-0.05, 0) is 54.2 Å². The van der Waals surface area contributed by atoms with E-state index in [2.05, 4.69) is 26.1 Å². The van der Waals surface area contributed by atoms with Gasteiger partial charge in [0.15, 0.2) is 0 Å². The zero-order valence-corrected chi connectivity index (χ0v) is 12.5. The molecule has 3 heteroatoms. The van der Waals surface area contributed by atoms with E-state index in [1.165, 1.54) is 31.4 Å². The van der Waals surface area contributed by atoms with Gasteiger partial charge in [-0.15, -0.1) is 0 Å². The van der Waals surface area contributed by atoms with Crippen molar-refractivity contribution in [3.05, 3.63) is 29.0 Å². The molecule has 2 saturated carbocycles. The molecule has 0 spiro atoms. The fourth-order valence-electron chi connectivity index (χ4n) is 4.47. The molecule has 2 fully saturated rings. The maximum atomic E-state index is 13.5. The van der Waals surface area contributed by atoms with E-state index in [1.54, 1.807) is 0 Å². The van der Waals surface area contributed by atoms with Gasteiger partial charge in [-0.25, -0.2) is 4.39 Å². The number of hydrogen-bond donors (Lipinski definition) is 1. The quantitative estimate of drug-likeness (QED) is 0.795. The minimum absolute atomic E-state index is 0.256. The lowest BCUT2D eigenvalue weighted by Gasteiger charge is -2.43. The zero-order chi connectivity index (χ0) is 13.8. The monoisotopic (exact) mass is 281 g/mol. The number of anilines is 1. The Labute approximate surface area is 119 Å².